The molecule has 2 N–H and O–H groups in total. The van der Waals surface area contributed by atoms with Gasteiger partial charge in [-0.3, -0.25) is 24.0 Å². The molecular weight excluding hydrogens is 964 g/mol. The van der Waals surface area contributed by atoms with Crippen molar-refractivity contribution >= 4 is 40.0 Å². The molecule has 14 nitrogen and oxygen atoms in total. The quantitative estimate of drug-likeness (QED) is 0.0654. The zero-order valence-electron chi connectivity index (χ0n) is 44.6. The second kappa shape index (κ2) is 24.2. The van der Waals surface area contributed by atoms with Gasteiger partial charge in [0, 0.05) is 95.1 Å². The largest absolute Gasteiger partial charge is 0.377 e. The van der Waals surface area contributed by atoms with Crippen LogP contribution in [-0.2, 0) is 35.0 Å². The Balaban J connectivity index is 0.638. The number of ketones is 1. The second-order valence-electron chi connectivity index (χ2n) is 21.5. The Bertz CT molecular complexity index is 2990. The van der Waals surface area contributed by atoms with Crippen LogP contribution >= 0.6 is 0 Å². The van der Waals surface area contributed by atoms with Crippen molar-refractivity contribution in [2.75, 3.05) is 84.8 Å². The van der Waals surface area contributed by atoms with E-state index in [9.17, 15) is 28.4 Å². The molecule has 1 aromatic heterocycles. The number of unbranched alkanes of at least 4 members (excludes halogenated alkanes) is 2. The molecule has 5 atom stereocenters. The van der Waals surface area contributed by atoms with Crippen molar-refractivity contribution in [2.45, 2.75) is 102 Å². The van der Waals surface area contributed by atoms with E-state index in [0.717, 1.165) is 64.3 Å². The van der Waals surface area contributed by atoms with Gasteiger partial charge in [0.25, 0.3) is 11.5 Å². The zero-order chi connectivity index (χ0) is 53.4. The van der Waals surface area contributed by atoms with Gasteiger partial charge in [0.1, 0.15) is 18.0 Å². The molecule has 2 saturated carbocycles. The van der Waals surface area contributed by atoms with Gasteiger partial charge in [0.05, 0.1) is 36.5 Å². The van der Waals surface area contributed by atoms with E-state index in [0.29, 0.717) is 79.4 Å². The van der Waals surface area contributed by atoms with E-state index in [1.165, 1.54) is 34.5 Å². The van der Waals surface area contributed by atoms with E-state index in [1.54, 1.807) is 33.6 Å². The van der Waals surface area contributed by atoms with Crippen LogP contribution in [0.3, 0.4) is 0 Å². The first-order chi connectivity index (χ1) is 36.8. The molecule has 3 amide bonds. The number of aromatic nitrogens is 2. The summed E-state index contributed by atoms with van der Waals surface area (Å²) >= 11 is 0. The predicted octanol–water partition coefficient (Wildman–Crippen LogP) is 8.09. The number of benzene rings is 3. The lowest BCUT2D eigenvalue weighted by Gasteiger charge is -2.54. The summed E-state index contributed by atoms with van der Waals surface area (Å²) in [7, 11) is 3.97. The van der Waals surface area contributed by atoms with E-state index in [2.05, 4.69) is 70.5 Å². The fourth-order valence-corrected chi connectivity index (χ4v) is 13.1. The number of nitrogens with zero attached hydrogens (tertiary/aromatic N) is 4. The minimum Gasteiger partial charge on any atom is -0.377 e. The smallest absolute Gasteiger partial charge is 0.272 e. The fraction of sp³-hybridized carbons (Fsp3) is 0.508. The van der Waals surface area contributed by atoms with Gasteiger partial charge in [0.15, 0.2) is 5.78 Å². The Morgan fingerprint density at radius 3 is 2.45 bits per heavy atom. The minimum absolute atomic E-state index is 0.00695. The molecule has 1 saturated heterocycles. The number of hydrogen-bond donors (Lipinski definition) is 2. The van der Waals surface area contributed by atoms with E-state index >= 15 is 0 Å². The van der Waals surface area contributed by atoms with Gasteiger partial charge in [-0.15, -0.1) is 5.92 Å². The molecule has 3 fully saturated rings. The monoisotopic (exact) mass is 1040 g/mol. The summed E-state index contributed by atoms with van der Waals surface area (Å²) < 4.78 is 32.6. The number of fused-ring (bicyclic) bond motifs is 5. The van der Waals surface area contributed by atoms with Gasteiger partial charge in [-0.2, -0.15) is 5.10 Å². The number of H-pyrrole nitrogens is 1. The van der Waals surface area contributed by atoms with Crippen LogP contribution in [0.4, 0.5) is 10.1 Å². The summed E-state index contributed by atoms with van der Waals surface area (Å²) in [5.41, 5.74) is 7.19. The number of ether oxygens (including phenoxy) is 3. The summed E-state index contributed by atoms with van der Waals surface area (Å²) in [4.78, 5) is 69.1. The van der Waals surface area contributed by atoms with Gasteiger partial charge in [0.2, 0.25) is 11.8 Å². The molecule has 1 aliphatic heterocycles. The van der Waals surface area contributed by atoms with Gasteiger partial charge in [-0.05, 0) is 129 Å². The Morgan fingerprint density at radius 1 is 0.908 bits per heavy atom. The van der Waals surface area contributed by atoms with Gasteiger partial charge < -0.3 is 34.2 Å². The van der Waals surface area contributed by atoms with Crippen LogP contribution in [0.2, 0.25) is 0 Å². The highest BCUT2D eigenvalue weighted by Crippen LogP contribution is 2.67. The van der Waals surface area contributed by atoms with E-state index in [1.807, 2.05) is 32.2 Å². The third-order valence-electron chi connectivity index (χ3n) is 17.2. The first-order valence-electron chi connectivity index (χ1n) is 27.3. The van der Waals surface area contributed by atoms with Crippen LogP contribution in [0, 0.1) is 34.9 Å². The summed E-state index contributed by atoms with van der Waals surface area (Å²) in [6.07, 6.45) is 11.9. The number of carbonyl (C=O) groups excluding carboxylic acids is 4. The number of amides is 3. The molecule has 4 aliphatic carbocycles. The average molecular weight is 1040 g/mol. The lowest BCUT2D eigenvalue weighted by Crippen LogP contribution is -2.52. The molecule has 9 rings (SSSR count). The summed E-state index contributed by atoms with van der Waals surface area (Å²) in [6.45, 7) is 7.41. The minimum atomic E-state index is -0.632. The zero-order valence-corrected chi connectivity index (χ0v) is 44.6. The number of carbonyl (C=O) groups is 4. The number of anilines is 1. The van der Waals surface area contributed by atoms with Gasteiger partial charge in [-0.25, -0.2) is 9.49 Å². The summed E-state index contributed by atoms with van der Waals surface area (Å²) in [6, 6.07) is 20.7. The highest BCUT2D eigenvalue weighted by molar-refractivity contribution is 5.95. The third-order valence-corrected chi connectivity index (χ3v) is 17.2. The summed E-state index contributed by atoms with van der Waals surface area (Å²) in [5.74, 6) is 6.99. The van der Waals surface area contributed by atoms with Crippen LogP contribution in [-0.4, -0.2) is 129 Å². The van der Waals surface area contributed by atoms with Crippen LogP contribution in [0.1, 0.15) is 118 Å². The number of allylic oxidation sites excluding steroid dienone is 4. The molecule has 0 unspecified atom stereocenters. The topological polar surface area (TPSA) is 163 Å². The van der Waals surface area contributed by atoms with E-state index in [4.69, 9.17) is 14.2 Å². The molecule has 402 valence electrons. The number of methoxy groups -OCH3 is 1. The molecule has 3 aromatic carbocycles. The van der Waals surface area contributed by atoms with Crippen molar-refractivity contribution in [1.82, 2.24) is 25.3 Å². The van der Waals surface area contributed by atoms with Gasteiger partial charge >= 0.3 is 0 Å². The normalized spacial score (nSPS) is 23.0. The van der Waals surface area contributed by atoms with Crippen LogP contribution < -0.4 is 15.8 Å². The standard InChI is InChI=1S/C61H73FN6O8/c1-5-25-61(74-4)26-24-52-49-21-17-43-38-45(69)20-22-46(43)57(49)51(39-60(52,61)2)42-15-18-44(19-16-42)66(3)28-10-6-7-13-55(70)63-27-33-75-34-35-76-40-56(71)67-29-31-68(32-30-67)59(73)50-36-41(14-23-53(50)62)37-54-47-11-8-9-12-48(47)58(72)65-64-54/h8-9,11-12,14-16,18-19,23,36,38,49,51-52H,6-7,10,13,17,20-22,24,26-35,37,39-40H2,1-4H3,(H,63,70)(H,65,72)/t49-,51+,52-,60-,61-/m0/s1. The fourth-order valence-electron chi connectivity index (χ4n) is 13.1. The van der Waals surface area contributed by atoms with Gasteiger partial charge in [-0.1, -0.05) is 61.2 Å². The highest BCUT2D eigenvalue weighted by atomic mass is 19.1. The Morgan fingerprint density at radius 2 is 1.67 bits per heavy atom. The first kappa shape index (κ1) is 54.3. The molecular formula is C61H73FN6O8. The maximum absolute atomic E-state index is 15.0. The van der Waals surface area contributed by atoms with Crippen molar-refractivity contribution in [3.8, 4) is 11.8 Å². The SMILES string of the molecule is CC#C[C@]1(OC)CC[C@H]2[C@@H]3CCC4=CC(=O)CCC4=C3[C@@H](c3ccc(N(C)CCCCCC(=O)NCCOCCOCC(=O)N4CCN(C(=O)c5cc(Cc6n[nH]c(=O)c7ccccc67)ccc5F)CC4)cc3)C[C@@]21C. The molecule has 0 bridgehead atoms. The Hall–Kier alpha value is -6.47. The lowest BCUT2D eigenvalue weighted by atomic mass is 9.51. The summed E-state index contributed by atoms with van der Waals surface area (Å²) in [5, 5.41) is 10.8. The first-order valence-corrected chi connectivity index (χ1v) is 27.3. The number of rotatable bonds is 20. The third kappa shape index (κ3) is 11.6. The Kier molecular flexibility index (Phi) is 17.3. The van der Waals surface area contributed by atoms with Crippen molar-refractivity contribution in [1.29, 1.82) is 0 Å². The van der Waals surface area contributed by atoms with E-state index < -0.39 is 17.3 Å². The molecule has 5 aliphatic rings. The molecule has 4 aromatic rings. The highest BCUT2D eigenvalue weighted by Gasteiger charge is 2.63. The maximum Gasteiger partial charge on any atom is 0.272 e. The average Bonchev–Trinajstić information content (AvgIpc) is 3.74. The van der Waals surface area contributed by atoms with Crippen molar-refractivity contribution < 1.29 is 37.8 Å². The second-order valence-corrected chi connectivity index (χ2v) is 21.5. The van der Waals surface area contributed by atoms with E-state index in [-0.39, 0.29) is 73.0 Å². The number of halogens is 1. The van der Waals surface area contributed by atoms with Crippen molar-refractivity contribution in [2.24, 2.45) is 17.3 Å². The molecule has 2 heterocycles. The van der Waals surface area contributed by atoms with Crippen LogP contribution in [0.5, 0.6) is 0 Å². The number of piperazine rings is 1. The maximum atomic E-state index is 15.0. The molecule has 0 spiro atoms. The van der Waals surface area contributed by atoms with Crippen molar-refractivity contribution in [3.63, 3.8) is 0 Å². The number of aromatic amines is 1. The van der Waals surface area contributed by atoms with Crippen LogP contribution in [0.15, 0.2) is 94.3 Å². The predicted molar refractivity (Wildman–Crippen MR) is 290 cm³/mol. The molecule has 15 heteroatoms. The molecule has 0 radical (unpaired) electrons. The number of hydrogen-bond acceptors (Lipinski definition) is 10. The molecule has 76 heavy (non-hydrogen) atoms. The Labute approximate surface area is 445 Å². The number of nitrogens with one attached hydrogen (secondary N) is 2. The van der Waals surface area contributed by atoms with Crippen LogP contribution in [0.25, 0.3) is 10.8 Å². The van der Waals surface area contributed by atoms with Crippen molar-refractivity contribution in [3.05, 3.63) is 128 Å². The lowest BCUT2D eigenvalue weighted by molar-refractivity contribution is -0.138.